The van der Waals surface area contributed by atoms with E-state index in [2.05, 4.69) is 30.1 Å². The summed E-state index contributed by atoms with van der Waals surface area (Å²) in [6.45, 7) is 0.294. The Morgan fingerprint density at radius 3 is 1.55 bits per heavy atom. The molecule has 0 bridgehead atoms. The third kappa shape index (κ3) is 9.78. The molecule has 0 aromatic heterocycles. The van der Waals surface area contributed by atoms with E-state index in [4.69, 9.17) is 5.02 Å². The number of carbonyl (C=O) groups is 2. The second-order valence-corrected chi connectivity index (χ2v) is 7.99. The van der Waals surface area contributed by atoms with Crippen LogP contribution in [0.1, 0.15) is 0 Å². The number of halogens is 7. The van der Waals surface area contributed by atoms with Gasteiger partial charge in [0.15, 0.2) is 46.4 Å². The fourth-order valence-electron chi connectivity index (χ4n) is 2.74. The molecule has 14 heteroatoms. The second-order valence-electron chi connectivity index (χ2n) is 7.08. The first-order valence-electron chi connectivity index (χ1n) is 10.6. The predicted octanol–water partition coefficient (Wildman–Crippen LogP) is 6.30. The maximum Gasteiger partial charge on any atom is 0.569 e. The van der Waals surface area contributed by atoms with Crippen LogP contribution in [-0.4, -0.2) is 25.7 Å². The number of hydrogen-bond acceptors (Lipinski definition) is 6. The summed E-state index contributed by atoms with van der Waals surface area (Å²) in [5.74, 6) is -5.51. The van der Waals surface area contributed by atoms with Crippen molar-refractivity contribution in [2.75, 3.05) is 0 Å². The van der Waals surface area contributed by atoms with Crippen molar-refractivity contribution in [1.29, 1.82) is 0 Å². The third-order valence-corrected chi connectivity index (χ3v) is 5.00. The fourth-order valence-corrected chi connectivity index (χ4v) is 3.07. The highest BCUT2D eigenvalue weighted by Crippen LogP contribution is 2.26. The van der Waals surface area contributed by atoms with Crippen molar-refractivity contribution in [2.24, 2.45) is 0 Å². The minimum absolute atomic E-state index is 0.0476. The van der Waals surface area contributed by atoms with Crippen molar-refractivity contribution in [2.45, 2.75) is 0 Å². The van der Waals surface area contributed by atoms with Crippen LogP contribution < -0.4 is 14.1 Å². The van der Waals surface area contributed by atoms with E-state index in [0.29, 0.717) is 23.3 Å². The normalized spacial score (nSPS) is 9.70. The van der Waals surface area contributed by atoms with Crippen LogP contribution in [0.4, 0.5) is 26.3 Å². The maximum atomic E-state index is 13.5. The molecule has 0 aliphatic carbocycles. The van der Waals surface area contributed by atoms with Crippen molar-refractivity contribution >= 4 is 36.6 Å². The molecular formula is C26H15BBrF6O6. The van der Waals surface area contributed by atoms with Gasteiger partial charge >= 0.3 is 7.69 Å². The van der Waals surface area contributed by atoms with Crippen molar-refractivity contribution in [1.82, 2.24) is 0 Å². The zero-order valence-electron chi connectivity index (χ0n) is 19.8. The number of hydrogen-bond donors (Lipinski definition) is 1. The summed E-state index contributed by atoms with van der Waals surface area (Å²) in [6.07, 6.45) is 0. The summed E-state index contributed by atoms with van der Waals surface area (Å²) in [4.78, 5) is 19.9. The van der Waals surface area contributed by atoms with E-state index in [0.717, 1.165) is 30.3 Å². The average Bonchev–Trinajstić information content (AvgIpc) is 2.92. The second kappa shape index (κ2) is 16.0. The molecule has 4 aromatic carbocycles. The zero-order chi connectivity index (χ0) is 29.7. The van der Waals surface area contributed by atoms with Gasteiger partial charge in [0, 0.05) is 10.5 Å². The molecule has 0 heterocycles. The molecule has 1 N–H and O–H groups in total. The van der Waals surface area contributed by atoms with Crippen LogP contribution in [0, 0.1) is 34.9 Å². The summed E-state index contributed by atoms with van der Waals surface area (Å²) < 4.78 is 90.2. The number of carbonyl (C=O) groups excluding carboxylic acids is 2. The monoisotopic (exact) mass is 627 g/mol. The highest BCUT2D eigenvalue weighted by atomic mass is 79.9. The first-order chi connectivity index (χ1) is 19.1. The van der Waals surface area contributed by atoms with Crippen LogP contribution in [0.2, 0.25) is 0 Å². The lowest BCUT2D eigenvalue weighted by molar-refractivity contribution is -0.121. The minimum Gasteiger partial charge on any atom is -0.537 e. The Balaban J connectivity index is 0.000000222. The summed E-state index contributed by atoms with van der Waals surface area (Å²) in [5, 5.41) is 8.12. The molecule has 4 rings (SSSR count). The van der Waals surface area contributed by atoms with Crippen molar-refractivity contribution in [3.8, 4) is 28.4 Å². The molecule has 4 aromatic rings. The highest BCUT2D eigenvalue weighted by Gasteiger charge is 2.09. The lowest BCUT2D eigenvalue weighted by atomic mass is 10.1. The third-order valence-electron chi connectivity index (χ3n) is 4.51. The highest BCUT2D eigenvalue weighted by molar-refractivity contribution is 9.10. The van der Waals surface area contributed by atoms with Crippen LogP contribution in [0.25, 0.3) is 11.1 Å². The summed E-state index contributed by atoms with van der Waals surface area (Å²) in [7, 11) is 0.396. The van der Waals surface area contributed by atoms with Crippen LogP contribution in [0.3, 0.4) is 0 Å². The molecule has 0 amide bonds. The van der Waals surface area contributed by atoms with Gasteiger partial charge in [-0.05, 0) is 65.7 Å². The van der Waals surface area contributed by atoms with Gasteiger partial charge in [-0.1, -0.05) is 28.1 Å². The van der Waals surface area contributed by atoms with Gasteiger partial charge in [0.05, 0.1) is 0 Å². The van der Waals surface area contributed by atoms with Crippen LogP contribution in [-0.2, 0) is 9.59 Å². The van der Waals surface area contributed by atoms with E-state index in [9.17, 15) is 35.9 Å². The maximum absolute atomic E-state index is 13.5. The topological polar surface area (TPSA) is 82.1 Å². The fraction of sp³-hybridized carbons (Fsp3) is 0. The largest absolute Gasteiger partial charge is 0.569 e. The quantitative estimate of drug-likeness (QED) is 0.147. The van der Waals surface area contributed by atoms with Gasteiger partial charge in [-0.15, -0.1) is 0 Å². The lowest BCUT2D eigenvalue weighted by Gasteiger charge is -2.05. The van der Waals surface area contributed by atoms with Gasteiger partial charge in [-0.3, -0.25) is 9.59 Å². The van der Waals surface area contributed by atoms with Gasteiger partial charge in [-0.2, -0.15) is 0 Å². The van der Waals surface area contributed by atoms with Gasteiger partial charge in [-0.25, -0.2) is 26.3 Å². The SMILES string of the molecule is O=COc1ccc(-c2ccc(F)c(F)c2)cc1F.O=COc1ccc(Br)cc1F.O[B]Oc1ccc(F)c(F)c1. The summed E-state index contributed by atoms with van der Waals surface area (Å²) in [5.41, 5.74) is 0.676. The minimum atomic E-state index is -1.01. The Morgan fingerprint density at radius 1 is 0.600 bits per heavy atom. The van der Waals surface area contributed by atoms with Crippen molar-refractivity contribution in [3.63, 3.8) is 0 Å². The zero-order valence-corrected chi connectivity index (χ0v) is 21.4. The van der Waals surface area contributed by atoms with Gasteiger partial charge in [0.2, 0.25) is 0 Å². The molecule has 207 valence electrons. The predicted molar refractivity (Wildman–Crippen MR) is 134 cm³/mol. The molecule has 0 saturated heterocycles. The Kier molecular flexibility index (Phi) is 12.7. The summed E-state index contributed by atoms with van der Waals surface area (Å²) in [6, 6.07) is 14.1. The van der Waals surface area contributed by atoms with E-state index in [1.54, 1.807) is 6.07 Å². The van der Waals surface area contributed by atoms with Gasteiger partial charge in [0.25, 0.3) is 12.9 Å². The molecular weight excluding hydrogens is 613 g/mol. The van der Waals surface area contributed by atoms with Crippen molar-refractivity contribution in [3.05, 3.63) is 112 Å². The number of rotatable bonds is 7. The molecule has 6 nitrogen and oxygen atoms in total. The molecule has 40 heavy (non-hydrogen) atoms. The van der Waals surface area contributed by atoms with E-state index >= 15 is 0 Å². The average molecular weight is 628 g/mol. The van der Waals surface area contributed by atoms with E-state index in [1.165, 1.54) is 36.4 Å². The lowest BCUT2D eigenvalue weighted by Crippen LogP contribution is -2.00. The standard InChI is InChI=1S/C13H7F3O2.C7H4BrFO2.C6H4BF2O2/c14-10-3-1-8(5-11(10)15)9-2-4-13(18-7-17)12(16)6-9;8-5-1-2-7(11-4-10)6(9)3-5;8-5-2-1-4(11-7-10)3-6(5)9/h1-7H;1-4H;1-3,10H. The molecule has 0 unspecified atom stereocenters. The Bertz CT molecular complexity index is 1460. The molecule has 1 radical (unpaired) electrons. The molecule has 0 aliphatic heterocycles. The van der Waals surface area contributed by atoms with Crippen LogP contribution >= 0.6 is 15.9 Å². The van der Waals surface area contributed by atoms with Crippen molar-refractivity contribution < 1.29 is 55.1 Å². The van der Waals surface area contributed by atoms with E-state index in [-0.39, 0.29) is 30.2 Å². The van der Waals surface area contributed by atoms with Crippen LogP contribution in [0.5, 0.6) is 17.2 Å². The van der Waals surface area contributed by atoms with Gasteiger partial charge < -0.3 is 19.2 Å². The Hall–Kier alpha value is -4.30. The molecule has 0 spiro atoms. The van der Waals surface area contributed by atoms with Crippen LogP contribution in [0.15, 0.2) is 77.3 Å². The first kappa shape index (κ1) is 31.9. The molecule has 0 atom stereocenters. The Morgan fingerprint density at radius 2 is 1.07 bits per heavy atom. The van der Waals surface area contributed by atoms with E-state index in [1.807, 2.05) is 0 Å². The smallest absolute Gasteiger partial charge is 0.537 e. The Labute approximate surface area is 232 Å². The van der Waals surface area contributed by atoms with Gasteiger partial charge in [0.1, 0.15) is 5.75 Å². The van der Waals surface area contributed by atoms with E-state index < -0.39 is 34.9 Å². The summed E-state index contributed by atoms with van der Waals surface area (Å²) >= 11 is 3.06. The first-order valence-corrected chi connectivity index (χ1v) is 11.4. The molecule has 0 saturated carbocycles. The number of ether oxygens (including phenoxy) is 2. The number of benzene rings is 4. The molecule has 0 fully saturated rings. The molecule has 0 aliphatic rings.